The Bertz CT molecular complexity index is 1370. The summed E-state index contributed by atoms with van der Waals surface area (Å²) in [4.78, 5) is -0.216. The van der Waals surface area contributed by atoms with Crippen molar-refractivity contribution in [1.82, 2.24) is 4.72 Å². The fourth-order valence-electron chi connectivity index (χ4n) is 5.25. The van der Waals surface area contributed by atoms with E-state index >= 15 is 4.39 Å². The van der Waals surface area contributed by atoms with Crippen molar-refractivity contribution in [2.24, 2.45) is 11.8 Å². The number of nitrogens with one attached hydrogen (secondary N) is 1. The van der Waals surface area contributed by atoms with Gasteiger partial charge in [0, 0.05) is 17.5 Å². The van der Waals surface area contributed by atoms with Crippen LogP contribution in [0.1, 0.15) is 24.8 Å². The van der Waals surface area contributed by atoms with Crippen molar-refractivity contribution in [3.63, 3.8) is 0 Å². The Hall–Kier alpha value is -1.96. The van der Waals surface area contributed by atoms with E-state index in [0.29, 0.717) is 0 Å². The van der Waals surface area contributed by atoms with Crippen molar-refractivity contribution in [1.29, 1.82) is 0 Å². The first-order valence-electron chi connectivity index (χ1n) is 10.8. The molecule has 3 atom stereocenters. The van der Waals surface area contributed by atoms with Crippen molar-refractivity contribution >= 4 is 31.5 Å². The Labute approximate surface area is 209 Å². The molecule has 1 aliphatic carbocycles. The Morgan fingerprint density at radius 3 is 2.31 bits per heavy atom. The van der Waals surface area contributed by atoms with Gasteiger partial charge in [0.25, 0.3) is 0 Å². The molecule has 4 rings (SSSR count). The summed E-state index contributed by atoms with van der Waals surface area (Å²) in [5, 5.41) is 0.244. The second-order valence-electron chi connectivity index (χ2n) is 8.87. The summed E-state index contributed by atoms with van der Waals surface area (Å²) in [6, 6.07) is 6.70. The van der Waals surface area contributed by atoms with E-state index in [-0.39, 0.29) is 29.2 Å². The zero-order valence-electron chi connectivity index (χ0n) is 18.5. The van der Waals surface area contributed by atoms with E-state index in [1.807, 2.05) is 4.72 Å². The molecule has 36 heavy (non-hydrogen) atoms. The van der Waals surface area contributed by atoms with Gasteiger partial charge in [0.05, 0.1) is 17.1 Å². The standard InChI is InChI=1S/C22H21ClF5NO5S2/c23-14-3-5-15(6-4-14)36(32,33)21-9-1-2-13(10-29-35(30,31)12-22(26,27)28)16(21)11-34-20-18(25)8-7-17(24)19(20)21/h3-8,13,16,29H,1-2,9-12H2/t13-,16?,21-/m0/s1. The number of ether oxygens (including phenoxy) is 1. The highest BCUT2D eigenvalue weighted by Crippen LogP contribution is 2.58. The maximum absolute atomic E-state index is 15.3. The maximum Gasteiger partial charge on any atom is 0.404 e. The third-order valence-corrected chi connectivity index (χ3v) is 10.8. The molecule has 2 aromatic rings. The summed E-state index contributed by atoms with van der Waals surface area (Å²) in [5.41, 5.74) is -0.503. The number of fused-ring (bicyclic) bond motifs is 3. The van der Waals surface area contributed by atoms with E-state index in [9.17, 15) is 34.4 Å². The van der Waals surface area contributed by atoms with Crippen LogP contribution in [0.15, 0.2) is 41.3 Å². The van der Waals surface area contributed by atoms with Crippen molar-refractivity contribution in [2.75, 3.05) is 18.9 Å². The van der Waals surface area contributed by atoms with Crippen LogP contribution in [0, 0.1) is 23.5 Å². The summed E-state index contributed by atoms with van der Waals surface area (Å²) in [6.07, 6.45) is -4.73. The molecular weight excluding hydrogens is 553 g/mol. The third-order valence-electron chi connectivity index (χ3n) is 6.70. The van der Waals surface area contributed by atoms with Crippen LogP contribution in [0.2, 0.25) is 5.02 Å². The molecule has 1 N–H and O–H groups in total. The van der Waals surface area contributed by atoms with Crippen LogP contribution in [0.4, 0.5) is 22.0 Å². The number of sulfone groups is 1. The minimum atomic E-state index is -4.98. The smallest absolute Gasteiger partial charge is 0.404 e. The zero-order valence-corrected chi connectivity index (χ0v) is 20.9. The minimum Gasteiger partial charge on any atom is -0.490 e. The molecule has 1 aliphatic heterocycles. The quantitative estimate of drug-likeness (QED) is 0.511. The topological polar surface area (TPSA) is 89.5 Å². The van der Waals surface area contributed by atoms with Gasteiger partial charge in [0.15, 0.2) is 27.2 Å². The van der Waals surface area contributed by atoms with Crippen LogP contribution in [0.5, 0.6) is 5.75 Å². The Morgan fingerprint density at radius 2 is 1.67 bits per heavy atom. The van der Waals surface area contributed by atoms with Gasteiger partial charge >= 0.3 is 6.18 Å². The summed E-state index contributed by atoms with van der Waals surface area (Å²) >= 11 is 5.89. The van der Waals surface area contributed by atoms with Crippen LogP contribution in [-0.4, -0.2) is 41.9 Å². The molecule has 1 heterocycles. The van der Waals surface area contributed by atoms with Gasteiger partial charge in [-0.3, -0.25) is 0 Å². The van der Waals surface area contributed by atoms with Gasteiger partial charge < -0.3 is 4.74 Å². The van der Waals surface area contributed by atoms with Crippen molar-refractivity contribution in [2.45, 2.75) is 35.1 Å². The minimum absolute atomic E-state index is 0.134. The van der Waals surface area contributed by atoms with Gasteiger partial charge in [-0.15, -0.1) is 0 Å². The van der Waals surface area contributed by atoms with E-state index in [1.165, 1.54) is 24.3 Å². The lowest BCUT2D eigenvalue weighted by molar-refractivity contribution is -0.106. The molecule has 0 amide bonds. The third kappa shape index (κ3) is 4.82. The first-order valence-corrected chi connectivity index (χ1v) is 14.3. The average Bonchev–Trinajstić information content (AvgIpc) is 2.78. The number of alkyl halides is 3. The molecule has 0 aromatic heterocycles. The molecule has 2 aromatic carbocycles. The molecule has 1 saturated carbocycles. The van der Waals surface area contributed by atoms with Gasteiger partial charge in [-0.2, -0.15) is 13.2 Å². The lowest BCUT2D eigenvalue weighted by atomic mass is 9.67. The Balaban J connectivity index is 1.83. The summed E-state index contributed by atoms with van der Waals surface area (Å²) in [5.74, 6) is -6.59. The summed E-state index contributed by atoms with van der Waals surface area (Å²) in [7, 11) is -9.25. The SMILES string of the molecule is O=S(=O)(CC(F)(F)F)NC[C@@H]1CCC[C@@]2(S(=O)(=O)c3ccc(Cl)cc3)c3c(F)ccc(F)c3OCC12. The molecule has 14 heteroatoms. The Kier molecular flexibility index (Phi) is 7.08. The fourth-order valence-corrected chi connectivity index (χ4v) is 8.83. The normalized spacial score (nSPS) is 24.5. The number of rotatable bonds is 6. The molecular formula is C22H21ClF5NO5S2. The van der Waals surface area contributed by atoms with Gasteiger partial charge in [0.2, 0.25) is 10.0 Å². The van der Waals surface area contributed by atoms with Gasteiger partial charge in [0.1, 0.15) is 10.6 Å². The van der Waals surface area contributed by atoms with Gasteiger partial charge in [-0.05, 0) is 55.2 Å². The first-order chi connectivity index (χ1) is 16.7. The van der Waals surface area contributed by atoms with Crippen molar-refractivity contribution in [3.05, 3.63) is 58.6 Å². The van der Waals surface area contributed by atoms with Crippen LogP contribution in [0.3, 0.4) is 0 Å². The number of benzene rings is 2. The number of hydrogen-bond donors (Lipinski definition) is 1. The molecule has 0 spiro atoms. The van der Waals surface area contributed by atoms with Crippen LogP contribution in [-0.2, 0) is 24.6 Å². The van der Waals surface area contributed by atoms with E-state index < -0.39 is 84.5 Å². The van der Waals surface area contributed by atoms with Gasteiger partial charge in [-0.25, -0.2) is 30.3 Å². The van der Waals surface area contributed by atoms with E-state index in [2.05, 4.69) is 0 Å². The molecule has 0 saturated heterocycles. The highest BCUT2D eigenvalue weighted by atomic mass is 35.5. The van der Waals surface area contributed by atoms with Crippen molar-refractivity contribution in [3.8, 4) is 5.75 Å². The molecule has 1 fully saturated rings. The lowest BCUT2D eigenvalue weighted by Gasteiger charge is -2.50. The van der Waals surface area contributed by atoms with Crippen molar-refractivity contribution < 1.29 is 43.5 Å². The molecule has 198 valence electrons. The largest absolute Gasteiger partial charge is 0.490 e. The van der Waals surface area contributed by atoms with E-state index in [0.717, 1.165) is 12.1 Å². The molecule has 0 radical (unpaired) electrons. The maximum atomic E-state index is 15.3. The molecule has 0 bridgehead atoms. The molecule has 6 nitrogen and oxygen atoms in total. The average molecular weight is 574 g/mol. The van der Waals surface area contributed by atoms with Crippen LogP contribution in [0.25, 0.3) is 0 Å². The monoisotopic (exact) mass is 573 g/mol. The molecule has 1 unspecified atom stereocenters. The Morgan fingerprint density at radius 1 is 1.03 bits per heavy atom. The number of sulfonamides is 1. The summed E-state index contributed by atoms with van der Waals surface area (Å²) < 4.78 is 125. The second-order valence-corrected chi connectivity index (χ2v) is 13.3. The van der Waals surface area contributed by atoms with Gasteiger partial charge in [-0.1, -0.05) is 18.0 Å². The fraction of sp³-hybridized carbons (Fsp3) is 0.455. The highest BCUT2D eigenvalue weighted by molar-refractivity contribution is 7.92. The lowest BCUT2D eigenvalue weighted by Crippen LogP contribution is -2.56. The van der Waals surface area contributed by atoms with E-state index in [1.54, 1.807) is 0 Å². The number of hydrogen-bond acceptors (Lipinski definition) is 5. The zero-order chi connectivity index (χ0) is 26.5. The predicted molar refractivity (Wildman–Crippen MR) is 121 cm³/mol. The van der Waals surface area contributed by atoms with E-state index in [4.69, 9.17) is 16.3 Å². The summed E-state index contributed by atoms with van der Waals surface area (Å²) in [6.45, 7) is -0.942. The predicted octanol–water partition coefficient (Wildman–Crippen LogP) is 4.58. The first kappa shape index (κ1) is 27.1. The second kappa shape index (κ2) is 9.41. The van der Waals surface area contributed by atoms with Crippen LogP contribution < -0.4 is 9.46 Å². The highest BCUT2D eigenvalue weighted by Gasteiger charge is 2.61. The number of halogens is 6. The molecule has 2 aliphatic rings. The van der Waals surface area contributed by atoms with Crippen LogP contribution >= 0.6 is 11.6 Å².